The van der Waals surface area contributed by atoms with Gasteiger partial charge in [0.2, 0.25) is 0 Å². The number of unbranched alkanes of at least 4 members (excludes halogenated alkanes) is 1. The Morgan fingerprint density at radius 3 is 3.12 bits per heavy atom. The third-order valence-corrected chi connectivity index (χ3v) is 2.84. The molecule has 2 rings (SSSR count). The van der Waals surface area contributed by atoms with Gasteiger partial charge < -0.3 is 5.32 Å². The number of H-pyrrole nitrogens is 1. The van der Waals surface area contributed by atoms with Crippen molar-refractivity contribution in [1.29, 1.82) is 0 Å². The number of aromatic amines is 1. The largest absolute Gasteiger partial charge is 0.383 e. The molecule has 0 saturated heterocycles. The fourth-order valence-corrected chi connectivity index (χ4v) is 1.90. The predicted molar refractivity (Wildman–Crippen MR) is 68.7 cm³/mol. The van der Waals surface area contributed by atoms with Crippen molar-refractivity contribution in [3.05, 3.63) is 24.4 Å². The van der Waals surface area contributed by atoms with Gasteiger partial charge in [0.1, 0.15) is 0 Å². The summed E-state index contributed by atoms with van der Waals surface area (Å²) in [6.07, 6.45) is 5.62. The molecule has 0 aliphatic carbocycles. The average molecular weight is 217 g/mol. The molecule has 1 aromatic heterocycles. The van der Waals surface area contributed by atoms with Crippen LogP contribution in [0, 0.1) is 0 Å². The Labute approximate surface area is 96.2 Å². The summed E-state index contributed by atoms with van der Waals surface area (Å²) in [4.78, 5) is 0. The summed E-state index contributed by atoms with van der Waals surface area (Å²) in [6, 6.07) is 6.84. The van der Waals surface area contributed by atoms with Crippen molar-refractivity contribution in [3.63, 3.8) is 0 Å². The van der Waals surface area contributed by atoms with Crippen molar-refractivity contribution in [3.8, 4) is 0 Å². The molecule has 0 amide bonds. The van der Waals surface area contributed by atoms with E-state index in [1.807, 2.05) is 6.20 Å². The minimum Gasteiger partial charge on any atom is -0.383 e. The monoisotopic (exact) mass is 217 g/mol. The summed E-state index contributed by atoms with van der Waals surface area (Å²) in [7, 11) is 0. The quantitative estimate of drug-likeness (QED) is 0.804. The van der Waals surface area contributed by atoms with Crippen molar-refractivity contribution < 1.29 is 0 Å². The Morgan fingerprint density at radius 1 is 1.44 bits per heavy atom. The van der Waals surface area contributed by atoms with Crippen LogP contribution in [-0.4, -0.2) is 16.2 Å². The molecule has 0 fully saturated rings. The van der Waals surface area contributed by atoms with E-state index in [-0.39, 0.29) is 0 Å². The molecule has 0 spiro atoms. The van der Waals surface area contributed by atoms with Crippen LogP contribution in [0.15, 0.2) is 24.4 Å². The van der Waals surface area contributed by atoms with E-state index >= 15 is 0 Å². The molecule has 3 nitrogen and oxygen atoms in total. The molecule has 2 N–H and O–H groups in total. The molecular formula is C13H19N3. The Bertz CT molecular complexity index is 447. The first-order valence-corrected chi connectivity index (χ1v) is 5.99. The second-order valence-electron chi connectivity index (χ2n) is 4.36. The molecule has 0 radical (unpaired) electrons. The van der Waals surface area contributed by atoms with Crippen LogP contribution in [0.2, 0.25) is 0 Å². The molecule has 3 heteroatoms. The van der Waals surface area contributed by atoms with E-state index in [2.05, 4.69) is 47.6 Å². The summed E-state index contributed by atoms with van der Waals surface area (Å²) in [5.41, 5.74) is 2.27. The van der Waals surface area contributed by atoms with Gasteiger partial charge in [0.25, 0.3) is 0 Å². The van der Waals surface area contributed by atoms with E-state index in [4.69, 9.17) is 0 Å². The Balaban J connectivity index is 2.03. The summed E-state index contributed by atoms with van der Waals surface area (Å²) in [5, 5.41) is 11.7. The number of rotatable bonds is 5. The van der Waals surface area contributed by atoms with Gasteiger partial charge in [-0.15, -0.1) is 0 Å². The van der Waals surface area contributed by atoms with Gasteiger partial charge in [0.15, 0.2) is 0 Å². The molecule has 1 atom stereocenters. The first-order valence-electron chi connectivity index (χ1n) is 5.99. The summed E-state index contributed by atoms with van der Waals surface area (Å²) < 4.78 is 0. The maximum atomic E-state index is 4.02. The third kappa shape index (κ3) is 2.54. The zero-order valence-electron chi connectivity index (χ0n) is 9.96. The van der Waals surface area contributed by atoms with Gasteiger partial charge in [0, 0.05) is 17.1 Å². The average Bonchev–Trinajstić information content (AvgIpc) is 2.73. The van der Waals surface area contributed by atoms with Crippen molar-refractivity contribution in [2.75, 3.05) is 5.32 Å². The van der Waals surface area contributed by atoms with E-state index in [1.165, 1.54) is 24.9 Å². The standard InChI is InChI=1S/C13H19N3/c1-3-4-5-10(2)15-12-6-7-13-11(8-12)9-14-16-13/h6-10,15H,3-5H2,1-2H3,(H,14,16). The van der Waals surface area contributed by atoms with E-state index in [0.29, 0.717) is 6.04 Å². The van der Waals surface area contributed by atoms with Crippen LogP contribution in [0.4, 0.5) is 5.69 Å². The number of hydrogen-bond donors (Lipinski definition) is 2. The molecule has 1 aromatic carbocycles. The van der Waals surface area contributed by atoms with Crippen LogP contribution in [0.25, 0.3) is 10.9 Å². The Kier molecular flexibility index (Phi) is 3.44. The van der Waals surface area contributed by atoms with Gasteiger partial charge in [-0.05, 0) is 31.5 Å². The number of anilines is 1. The molecule has 0 aliphatic rings. The molecule has 1 heterocycles. The molecule has 0 bridgehead atoms. The molecule has 86 valence electrons. The highest BCUT2D eigenvalue weighted by Crippen LogP contribution is 2.18. The van der Waals surface area contributed by atoms with Gasteiger partial charge in [-0.25, -0.2) is 0 Å². The van der Waals surface area contributed by atoms with Crippen molar-refractivity contribution in [2.24, 2.45) is 0 Å². The number of aromatic nitrogens is 2. The lowest BCUT2D eigenvalue weighted by molar-refractivity contribution is 0.645. The molecule has 0 saturated carbocycles. The number of nitrogens with zero attached hydrogens (tertiary/aromatic N) is 1. The molecular weight excluding hydrogens is 198 g/mol. The highest BCUT2D eigenvalue weighted by molar-refractivity contribution is 5.81. The minimum absolute atomic E-state index is 0.532. The second kappa shape index (κ2) is 5.01. The Morgan fingerprint density at radius 2 is 2.31 bits per heavy atom. The first kappa shape index (κ1) is 11.0. The van der Waals surface area contributed by atoms with E-state index in [9.17, 15) is 0 Å². The number of nitrogens with one attached hydrogen (secondary N) is 2. The summed E-state index contributed by atoms with van der Waals surface area (Å²) >= 11 is 0. The fraction of sp³-hybridized carbons (Fsp3) is 0.462. The highest BCUT2D eigenvalue weighted by atomic mass is 15.1. The highest BCUT2D eigenvalue weighted by Gasteiger charge is 2.02. The number of fused-ring (bicyclic) bond motifs is 1. The zero-order valence-corrected chi connectivity index (χ0v) is 9.96. The van der Waals surface area contributed by atoms with Gasteiger partial charge in [-0.3, -0.25) is 5.10 Å². The second-order valence-corrected chi connectivity index (χ2v) is 4.36. The minimum atomic E-state index is 0.532. The topological polar surface area (TPSA) is 40.7 Å². The van der Waals surface area contributed by atoms with Crippen LogP contribution in [-0.2, 0) is 0 Å². The molecule has 2 aromatic rings. The normalized spacial score (nSPS) is 12.9. The lowest BCUT2D eigenvalue weighted by Crippen LogP contribution is -2.14. The van der Waals surface area contributed by atoms with E-state index in [0.717, 1.165) is 10.9 Å². The van der Waals surface area contributed by atoms with Crippen LogP contribution < -0.4 is 5.32 Å². The van der Waals surface area contributed by atoms with Crippen molar-refractivity contribution in [1.82, 2.24) is 10.2 Å². The van der Waals surface area contributed by atoms with E-state index in [1.54, 1.807) is 0 Å². The van der Waals surface area contributed by atoms with Gasteiger partial charge in [0.05, 0.1) is 11.7 Å². The van der Waals surface area contributed by atoms with Crippen LogP contribution >= 0.6 is 0 Å². The number of benzene rings is 1. The van der Waals surface area contributed by atoms with E-state index < -0.39 is 0 Å². The SMILES string of the molecule is CCCCC(C)Nc1ccc2[nH]ncc2c1. The number of hydrogen-bond acceptors (Lipinski definition) is 2. The van der Waals surface area contributed by atoms with Gasteiger partial charge >= 0.3 is 0 Å². The van der Waals surface area contributed by atoms with Crippen LogP contribution in [0.5, 0.6) is 0 Å². The van der Waals surface area contributed by atoms with Crippen molar-refractivity contribution in [2.45, 2.75) is 39.2 Å². The molecule has 16 heavy (non-hydrogen) atoms. The zero-order chi connectivity index (χ0) is 11.4. The predicted octanol–water partition coefficient (Wildman–Crippen LogP) is 3.55. The molecule has 0 aliphatic heterocycles. The van der Waals surface area contributed by atoms with Gasteiger partial charge in [-0.1, -0.05) is 19.8 Å². The lowest BCUT2D eigenvalue weighted by Gasteiger charge is -2.14. The first-order chi connectivity index (χ1) is 7.79. The smallest absolute Gasteiger partial charge is 0.0651 e. The maximum absolute atomic E-state index is 4.02. The fourth-order valence-electron chi connectivity index (χ4n) is 1.90. The summed E-state index contributed by atoms with van der Waals surface area (Å²) in [6.45, 7) is 4.46. The summed E-state index contributed by atoms with van der Waals surface area (Å²) in [5.74, 6) is 0. The molecule has 1 unspecified atom stereocenters. The maximum Gasteiger partial charge on any atom is 0.0651 e. The van der Waals surface area contributed by atoms with Crippen LogP contribution in [0.1, 0.15) is 33.1 Å². The Hall–Kier alpha value is -1.51. The van der Waals surface area contributed by atoms with Gasteiger partial charge in [-0.2, -0.15) is 5.10 Å². The van der Waals surface area contributed by atoms with Crippen LogP contribution in [0.3, 0.4) is 0 Å². The lowest BCUT2D eigenvalue weighted by atomic mass is 10.1. The van der Waals surface area contributed by atoms with Crippen molar-refractivity contribution >= 4 is 16.6 Å². The third-order valence-electron chi connectivity index (χ3n) is 2.84.